The fourth-order valence-corrected chi connectivity index (χ4v) is 4.16. The van der Waals surface area contributed by atoms with Gasteiger partial charge in [0.2, 0.25) is 0 Å². The van der Waals surface area contributed by atoms with Crippen molar-refractivity contribution in [2.45, 2.75) is 38.3 Å². The lowest BCUT2D eigenvalue weighted by Gasteiger charge is -2.29. The second kappa shape index (κ2) is 5.50. The number of nitrogens with zero attached hydrogens (tertiary/aromatic N) is 1. The van der Waals surface area contributed by atoms with Gasteiger partial charge in [0.25, 0.3) is 0 Å². The molecule has 1 aromatic rings. The lowest BCUT2D eigenvalue weighted by molar-refractivity contribution is -0.143. The number of thiophene rings is 1. The summed E-state index contributed by atoms with van der Waals surface area (Å²) in [5, 5.41) is 9.23. The molecule has 1 N–H and O–H groups in total. The minimum atomic E-state index is -0.684. The van der Waals surface area contributed by atoms with Crippen LogP contribution in [0.5, 0.6) is 0 Å². The number of carboxylic acid groups (broad SMARTS) is 1. The van der Waals surface area contributed by atoms with Gasteiger partial charge in [-0.25, -0.2) is 0 Å². The Morgan fingerprint density at radius 3 is 3.00 bits per heavy atom. The second-order valence-corrected chi connectivity index (χ2v) is 6.79. The maximum absolute atomic E-state index is 11.2. The van der Waals surface area contributed by atoms with E-state index in [2.05, 4.69) is 33.8 Å². The third-order valence-corrected chi connectivity index (χ3v) is 5.01. The van der Waals surface area contributed by atoms with Gasteiger partial charge in [-0.3, -0.25) is 9.69 Å². The fraction of sp³-hybridized carbons (Fsp3) is 0.583. The maximum atomic E-state index is 11.2. The van der Waals surface area contributed by atoms with Gasteiger partial charge < -0.3 is 5.11 Å². The van der Waals surface area contributed by atoms with Crippen LogP contribution in [0.15, 0.2) is 15.9 Å². The first-order chi connectivity index (χ1) is 8.13. The zero-order valence-electron chi connectivity index (χ0n) is 9.73. The average molecular weight is 318 g/mol. The van der Waals surface area contributed by atoms with E-state index in [9.17, 15) is 9.90 Å². The molecule has 5 heteroatoms. The van der Waals surface area contributed by atoms with Crippen molar-refractivity contribution in [2.75, 3.05) is 6.54 Å². The van der Waals surface area contributed by atoms with Crippen LogP contribution < -0.4 is 0 Å². The summed E-state index contributed by atoms with van der Waals surface area (Å²) in [5.41, 5.74) is 0. The van der Waals surface area contributed by atoms with Gasteiger partial charge >= 0.3 is 5.97 Å². The third kappa shape index (κ3) is 2.72. The molecule has 0 bridgehead atoms. The predicted molar refractivity (Wildman–Crippen MR) is 72.4 cm³/mol. The van der Waals surface area contributed by atoms with Crippen molar-refractivity contribution < 1.29 is 9.90 Å². The highest BCUT2D eigenvalue weighted by atomic mass is 79.9. The molecule has 1 aliphatic heterocycles. The summed E-state index contributed by atoms with van der Waals surface area (Å²) in [4.78, 5) is 14.6. The van der Waals surface area contributed by atoms with Crippen LogP contribution in [0.2, 0.25) is 0 Å². The van der Waals surface area contributed by atoms with Crippen molar-refractivity contribution in [3.05, 3.63) is 20.8 Å². The Kier molecular flexibility index (Phi) is 4.22. The van der Waals surface area contributed by atoms with Crippen LogP contribution >= 0.6 is 27.3 Å². The van der Waals surface area contributed by atoms with E-state index >= 15 is 0 Å². The highest BCUT2D eigenvalue weighted by Gasteiger charge is 2.35. The lowest BCUT2D eigenvalue weighted by Crippen LogP contribution is -2.38. The Morgan fingerprint density at radius 2 is 2.47 bits per heavy atom. The molecular formula is C12H16BrNO2S. The molecule has 0 spiro atoms. The third-order valence-electron chi connectivity index (χ3n) is 3.29. The molecule has 0 amide bonds. The Labute approximate surface area is 114 Å². The van der Waals surface area contributed by atoms with Crippen LogP contribution in [0.1, 0.15) is 37.1 Å². The molecule has 3 nitrogen and oxygen atoms in total. The number of rotatable bonds is 4. The zero-order valence-corrected chi connectivity index (χ0v) is 12.1. The van der Waals surface area contributed by atoms with Crippen LogP contribution in [-0.2, 0) is 4.79 Å². The van der Waals surface area contributed by atoms with Crippen LogP contribution in [0.25, 0.3) is 0 Å². The normalized spacial score (nSPS) is 22.8. The molecular weight excluding hydrogens is 302 g/mol. The minimum absolute atomic E-state index is 0.245. The van der Waals surface area contributed by atoms with Gasteiger partial charge in [-0.05, 0) is 53.9 Å². The van der Waals surface area contributed by atoms with Crippen LogP contribution in [0.3, 0.4) is 0 Å². The molecule has 2 unspecified atom stereocenters. The number of halogens is 1. The van der Waals surface area contributed by atoms with Crippen LogP contribution in [0, 0.1) is 0 Å². The number of likely N-dealkylation sites (tertiary alicyclic amines) is 1. The topological polar surface area (TPSA) is 40.5 Å². The van der Waals surface area contributed by atoms with E-state index in [1.807, 2.05) is 6.07 Å². The van der Waals surface area contributed by atoms with E-state index in [1.165, 1.54) is 4.88 Å². The summed E-state index contributed by atoms with van der Waals surface area (Å²) < 4.78 is 1.11. The van der Waals surface area contributed by atoms with Crippen molar-refractivity contribution in [3.63, 3.8) is 0 Å². The molecule has 0 saturated carbocycles. The van der Waals surface area contributed by atoms with E-state index < -0.39 is 5.97 Å². The summed E-state index contributed by atoms with van der Waals surface area (Å²) in [6.45, 7) is 3.01. The first kappa shape index (κ1) is 13.1. The second-order valence-electron chi connectivity index (χ2n) is 4.30. The molecule has 1 saturated heterocycles. The van der Waals surface area contributed by atoms with Gasteiger partial charge in [-0.2, -0.15) is 0 Å². The largest absolute Gasteiger partial charge is 0.480 e. The Bertz CT molecular complexity index is 407. The molecule has 2 rings (SSSR count). The zero-order chi connectivity index (χ0) is 12.4. The molecule has 1 fully saturated rings. The van der Waals surface area contributed by atoms with E-state index in [-0.39, 0.29) is 12.1 Å². The first-order valence-corrected chi connectivity index (χ1v) is 7.48. The molecule has 17 heavy (non-hydrogen) atoms. The summed E-state index contributed by atoms with van der Waals surface area (Å²) in [5.74, 6) is -0.684. The molecule has 1 aromatic heterocycles. The molecule has 0 aromatic carbocycles. The number of carbonyl (C=O) groups is 1. The smallest absolute Gasteiger partial charge is 0.320 e. The summed E-state index contributed by atoms with van der Waals surface area (Å²) >= 11 is 5.17. The quantitative estimate of drug-likeness (QED) is 0.923. The summed E-state index contributed by atoms with van der Waals surface area (Å²) in [6, 6.07) is 4.07. The molecule has 1 aliphatic rings. The van der Waals surface area contributed by atoms with Crippen LogP contribution in [-0.4, -0.2) is 28.6 Å². The van der Waals surface area contributed by atoms with Gasteiger partial charge in [0.05, 0.1) is 3.79 Å². The van der Waals surface area contributed by atoms with E-state index in [4.69, 9.17) is 0 Å². The summed E-state index contributed by atoms with van der Waals surface area (Å²) in [7, 11) is 0. The van der Waals surface area contributed by atoms with Gasteiger partial charge in [0.1, 0.15) is 6.04 Å². The maximum Gasteiger partial charge on any atom is 0.320 e. The van der Waals surface area contributed by atoms with E-state index in [0.717, 1.165) is 29.6 Å². The van der Waals surface area contributed by atoms with Gasteiger partial charge in [0, 0.05) is 10.9 Å². The monoisotopic (exact) mass is 317 g/mol. The molecule has 94 valence electrons. The number of carboxylic acids is 1. The standard InChI is InChI=1S/C12H16BrNO2S/c1-2-8(10-5-6-11(13)17-10)14-7-3-4-9(14)12(15)16/h5-6,8-9H,2-4,7H2,1H3,(H,15,16). The molecule has 2 atom stereocenters. The minimum Gasteiger partial charge on any atom is -0.480 e. The van der Waals surface area contributed by atoms with Crippen molar-refractivity contribution in [3.8, 4) is 0 Å². The van der Waals surface area contributed by atoms with Gasteiger partial charge in [-0.15, -0.1) is 11.3 Å². The van der Waals surface area contributed by atoms with E-state index in [1.54, 1.807) is 11.3 Å². The average Bonchev–Trinajstić information content (AvgIpc) is 2.89. The number of hydrogen-bond acceptors (Lipinski definition) is 3. The van der Waals surface area contributed by atoms with Crippen molar-refractivity contribution in [1.29, 1.82) is 0 Å². The molecule has 0 radical (unpaired) electrons. The van der Waals surface area contributed by atoms with Gasteiger partial charge in [-0.1, -0.05) is 6.92 Å². The van der Waals surface area contributed by atoms with Gasteiger partial charge in [0.15, 0.2) is 0 Å². The van der Waals surface area contributed by atoms with E-state index in [0.29, 0.717) is 0 Å². The summed E-state index contributed by atoms with van der Waals surface area (Å²) in [6.07, 6.45) is 2.72. The fourth-order valence-electron chi connectivity index (χ4n) is 2.53. The Morgan fingerprint density at radius 1 is 1.71 bits per heavy atom. The van der Waals surface area contributed by atoms with Crippen molar-refractivity contribution >= 4 is 33.2 Å². The van der Waals surface area contributed by atoms with Crippen molar-refractivity contribution in [2.24, 2.45) is 0 Å². The highest BCUT2D eigenvalue weighted by Crippen LogP contribution is 2.36. The lowest BCUT2D eigenvalue weighted by atomic mass is 10.1. The Balaban J connectivity index is 2.20. The SMILES string of the molecule is CCC(c1ccc(Br)s1)N1CCCC1C(=O)O. The molecule has 0 aliphatic carbocycles. The molecule has 2 heterocycles. The highest BCUT2D eigenvalue weighted by molar-refractivity contribution is 9.11. The van der Waals surface area contributed by atoms with Crippen molar-refractivity contribution in [1.82, 2.24) is 4.90 Å². The Hall–Kier alpha value is -0.390. The predicted octanol–water partition coefficient (Wildman–Crippen LogP) is 3.51. The number of aliphatic carboxylic acids is 1. The first-order valence-electron chi connectivity index (χ1n) is 5.87. The number of hydrogen-bond donors (Lipinski definition) is 1. The van der Waals surface area contributed by atoms with Crippen LogP contribution in [0.4, 0.5) is 0 Å².